The van der Waals surface area contributed by atoms with Crippen molar-refractivity contribution in [1.29, 1.82) is 0 Å². The number of nitrogens with one attached hydrogen (secondary N) is 2. The number of hydrogen-bond donors (Lipinski definition) is 3. The number of amides is 2. The predicted octanol–water partition coefficient (Wildman–Crippen LogP) is 3.57. The molecule has 8 nitrogen and oxygen atoms in total. The molecule has 180 valence electrons. The molecule has 35 heavy (non-hydrogen) atoms. The Morgan fingerprint density at radius 3 is 2.23 bits per heavy atom. The number of hydrogen-bond acceptors (Lipinski definition) is 5. The molecule has 10 heteroatoms. The molecular formula is C25H21F2N3O5. The van der Waals surface area contributed by atoms with Crippen molar-refractivity contribution in [2.45, 2.75) is 18.4 Å². The zero-order valence-corrected chi connectivity index (χ0v) is 18.3. The zero-order chi connectivity index (χ0) is 25.0. The average molecular weight is 481 g/mol. The second-order valence-corrected chi connectivity index (χ2v) is 7.91. The van der Waals surface area contributed by atoms with E-state index in [2.05, 4.69) is 10.3 Å². The van der Waals surface area contributed by atoms with Gasteiger partial charge in [-0.15, -0.1) is 0 Å². The summed E-state index contributed by atoms with van der Waals surface area (Å²) in [5, 5.41) is 12.9. The minimum absolute atomic E-state index is 0.00877. The topological polar surface area (TPSA) is 118 Å². The predicted molar refractivity (Wildman–Crippen MR) is 121 cm³/mol. The molecule has 0 radical (unpaired) electrons. The Bertz CT molecular complexity index is 1240. The van der Waals surface area contributed by atoms with Crippen molar-refractivity contribution in [3.8, 4) is 11.1 Å². The molecule has 0 saturated carbocycles. The van der Waals surface area contributed by atoms with E-state index in [1.54, 1.807) is 0 Å². The molecule has 3 aromatic rings. The number of carbonyl (C=O) groups is 3. The molecule has 2 amide bonds. The average Bonchev–Trinajstić information content (AvgIpc) is 3.18. The first kappa shape index (κ1) is 23.8. The van der Waals surface area contributed by atoms with Crippen molar-refractivity contribution in [1.82, 2.24) is 15.6 Å². The van der Waals surface area contributed by atoms with E-state index in [1.165, 1.54) is 18.3 Å². The maximum Gasteiger partial charge on any atom is 0.407 e. The van der Waals surface area contributed by atoms with E-state index in [-0.39, 0.29) is 30.3 Å². The minimum atomic E-state index is -4.09. The molecule has 1 heterocycles. The lowest BCUT2D eigenvalue weighted by Crippen LogP contribution is -2.42. The van der Waals surface area contributed by atoms with Gasteiger partial charge in [-0.3, -0.25) is 9.78 Å². The molecule has 1 aromatic heterocycles. The number of carbonyl (C=O) groups excluding carboxylic acids is 2. The highest BCUT2D eigenvalue weighted by atomic mass is 19.3. The van der Waals surface area contributed by atoms with E-state index in [9.17, 15) is 23.2 Å². The summed E-state index contributed by atoms with van der Waals surface area (Å²) in [6.07, 6.45) is 0.600. The van der Waals surface area contributed by atoms with Gasteiger partial charge in [-0.1, -0.05) is 48.5 Å². The number of benzene rings is 2. The summed E-state index contributed by atoms with van der Waals surface area (Å²) in [4.78, 5) is 38.9. The van der Waals surface area contributed by atoms with E-state index in [0.717, 1.165) is 22.3 Å². The number of fused-ring (bicyclic) bond motifs is 3. The highest BCUT2D eigenvalue weighted by Gasteiger charge is 2.39. The third kappa shape index (κ3) is 5.26. The standard InChI is InChI=1S/C25H21F2N3O5/c26-25(27,23(32)33)14-30-22(31)15-9-10-28-16(11-15)12-29-24(34)35-13-21-19-7-3-1-5-17(19)18-6-2-4-8-20(18)21/h1-11,21H,12-14H2,(H,29,34)(H,30,31)(H,32,33). The van der Waals surface area contributed by atoms with Crippen LogP contribution in [0.3, 0.4) is 0 Å². The van der Waals surface area contributed by atoms with E-state index in [0.29, 0.717) is 0 Å². The summed E-state index contributed by atoms with van der Waals surface area (Å²) >= 11 is 0. The number of alkyl halides is 2. The fourth-order valence-electron chi connectivity index (χ4n) is 3.90. The summed E-state index contributed by atoms with van der Waals surface area (Å²) in [7, 11) is 0. The Kier molecular flexibility index (Phi) is 6.72. The lowest BCUT2D eigenvalue weighted by molar-refractivity contribution is -0.163. The van der Waals surface area contributed by atoms with Gasteiger partial charge in [-0.2, -0.15) is 8.78 Å². The van der Waals surface area contributed by atoms with Gasteiger partial charge in [0.15, 0.2) is 0 Å². The number of halogens is 2. The zero-order valence-electron chi connectivity index (χ0n) is 18.3. The van der Waals surface area contributed by atoms with Crippen LogP contribution >= 0.6 is 0 Å². The van der Waals surface area contributed by atoms with Crippen molar-refractivity contribution < 1.29 is 33.0 Å². The Labute approximate surface area is 199 Å². The van der Waals surface area contributed by atoms with E-state index in [1.807, 2.05) is 53.8 Å². The third-order valence-electron chi connectivity index (χ3n) is 5.62. The fourth-order valence-corrected chi connectivity index (χ4v) is 3.90. The van der Waals surface area contributed by atoms with Crippen molar-refractivity contribution in [3.63, 3.8) is 0 Å². The molecule has 0 atom stereocenters. The molecule has 3 N–H and O–H groups in total. The van der Waals surface area contributed by atoms with Crippen molar-refractivity contribution >= 4 is 18.0 Å². The highest BCUT2D eigenvalue weighted by molar-refractivity contribution is 5.94. The number of nitrogens with zero attached hydrogens (tertiary/aromatic N) is 1. The number of pyridine rings is 1. The molecular weight excluding hydrogens is 460 g/mol. The highest BCUT2D eigenvalue weighted by Crippen LogP contribution is 2.44. The number of carboxylic acid groups (broad SMARTS) is 1. The van der Waals surface area contributed by atoms with Crippen LogP contribution in [0.4, 0.5) is 13.6 Å². The van der Waals surface area contributed by atoms with Crippen molar-refractivity contribution in [3.05, 3.63) is 89.2 Å². The van der Waals surface area contributed by atoms with E-state index in [4.69, 9.17) is 9.84 Å². The largest absolute Gasteiger partial charge is 0.477 e. The summed E-state index contributed by atoms with van der Waals surface area (Å²) < 4.78 is 31.8. The molecule has 1 aliphatic rings. The van der Waals surface area contributed by atoms with Crippen LogP contribution in [0.2, 0.25) is 0 Å². The molecule has 0 bridgehead atoms. The van der Waals surface area contributed by atoms with Crippen LogP contribution in [0.5, 0.6) is 0 Å². The van der Waals surface area contributed by atoms with Gasteiger partial charge in [0.1, 0.15) is 6.61 Å². The van der Waals surface area contributed by atoms with Gasteiger partial charge < -0.3 is 20.5 Å². The summed E-state index contributed by atoms with van der Waals surface area (Å²) in [6.45, 7) is -1.28. The molecule has 0 saturated heterocycles. The SMILES string of the molecule is O=C(NCc1cc(C(=O)NCC(F)(F)C(=O)O)ccn1)OCC1c2ccccc2-c2ccccc21. The van der Waals surface area contributed by atoms with Crippen LogP contribution in [-0.4, -0.2) is 47.1 Å². The van der Waals surface area contributed by atoms with Crippen LogP contribution in [0.25, 0.3) is 11.1 Å². The number of aliphatic carboxylic acids is 1. The van der Waals surface area contributed by atoms with Gasteiger partial charge in [0, 0.05) is 17.7 Å². The Morgan fingerprint density at radius 2 is 1.60 bits per heavy atom. The van der Waals surface area contributed by atoms with Crippen LogP contribution < -0.4 is 10.6 Å². The van der Waals surface area contributed by atoms with Crippen LogP contribution in [0, 0.1) is 0 Å². The fraction of sp³-hybridized carbons (Fsp3) is 0.200. The number of carboxylic acids is 1. The van der Waals surface area contributed by atoms with Gasteiger partial charge in [-0.05, 0) is 34.4 Å². The van der Waals surface area contributed by atoms with Gasteiger partial charge in [0.05, 0.1) is 18.8 Å². The van der Waals surface area contributed by atoms with Crippen LogP contribution in [0.1, 0.15) is 33.1 Å². The molecule has 2 aromatic carbocycles. The first-order valence-electron chi connectivity index (χ1n) is 10.7. The Hall–Kier alpha value is -4.34. The first-order valence-corrected chi connectivity index (χ1v) is 10.7. The van der Waals surface area contributed by atoms with E-state index < -0.39 is 30.4 Å². The maximum absolute atomic E-state index is 13.2. The number of aromatic nitrogens is 1. The number of ether oxygens (including phenoxy) is 1. The number of rotatable bonds is 8. The summed E-state index contributed by atoms with van der Waals surface area (Å²) in [6, 6.07) is 18.5. The van der Waals surface area contributed by atoms with Crippen LogP contribution in [0.15, 0.2) is 66.9 Å². The van der Waals surface area contributed by atoms with Gasteiger partial charge in [0.2, 0.25) is 0 Å². The second-order valence-electron chi connectivity index (χ2n) is 7.91. The lowest BCUT2D eigenvalue weighted by atomic mass is 9.98. The quantitative estimate of drug-likeness (QED) is 0.453. The van der Waals surface area contributed by atoms with E-state index >= 15 is 0 Å². The monoisotopic (exact) mass is 481 g/mol. The maximum atomic E-state index is 13.2. The lowest BCUT2D eigenvalue weighted by Gasteiger charge is -2.14. The normalized spacial score (nSPS) is 12.4. The molecule has 1 aliphatic carbocycles. The first-order chi connectivity index (χ1) is 16.8. The summed E-state index contributed by atoms with van der Waals surface area (Å²) in [5.74, 6) is -7.41. The van der Waals surface area contributed by atoms with Gasteiger partial charge in [-0.25, -0.2) is 9.59 Å². The van der Waals surface area contributed by atoms with Gasteiger partial charge >= 0.3 is 18.0 Å². The number of alkyl carbamates (subject to hydrolysis) is 1. The van der Waals surface area contributed by atoms with Crippen molar-refractivity contribution in [2.24, 2.45) is 0 Å². The second kappa shape index (κ2) is 9.88. The van der Waals surface area contributed by atoms with Gasteiger partial charge in [0.25, 0.3) is 5.91 Å². The summed E-state index contributed by atoms with van der Waals surface area (Å²) in [5.41, 5.74) is 4.66. The smallest absolute Gasteiger partial charge is 0.407 e. The molecule has 0 aliphatic heterocycles. The Morgan fingerprint density at radius 1 is 0.971 bits per heavy atom. The molecule has 4 rings (SSSR count). The third-order valence-corrected chi connectivity index (χ3v) is 5.62. The van der Waals surface area contributed by atoms with Crippen LogP contribution in [-0.2, 0) is 16.1 Å². The molecule has 0 fully saturated rings. The minimum Gasteiger partial charge on any atom is -0.477 e. The molecule has 0 spiro atoms. The van der Waals surface area contributed by atoms with Crippen molar-refractivity contribution in [2.75, 3.05) is 13.2 Å². The Balaban J connectivity index is 1.32. The molecule has 0 unspecified atom stereocenters.